The van der Waals surface area contributed by atoms with Crippen LogP contribution in [0, 0.1) is 0 Å². The first kappa shape index (κ1) is 27.9. The monoisotopic (exact) mass is 414 g/mol. The van der Waals surface area contributed by atoms with E-state index >= 15 is 0 Å². The highest BCUT2D eigenvalue weighted by Gasteiger charge is 2.50. The van der Waals surface area contributed by atoms with Gasteiger partial charge >= 0.3 is 0 Å². The first-order valence-electron chi connectivity index (χ1n) is 11.3. The summed E-state index contributed by atoms with van der Waals surface area (Å²) in [5.74, 6) is -2.63. The van der Waals surface area contributed by atoms with Gasteiger partial charge < -0.3 is 15.3 Å². The van der Waals surface area contributed by atoms with Crippen LogP contribution in [0.5, 0.6) is 0 Å². The number of aliphatic hydroxyl groups excluding tert-OH is 2. The molecule has 0 aliphatic rings. The van der Waals surface area contributed by atoms with Gasteiger partial charge in [0, 0.05) is 6.42 Å². The molecular formula is C23H42O6. The third-order valence-corrected chi connectivity index (χ3v) is 5.61. The van der Waals surface area contributed by atoms with Gasteiger partial charge in [0.15, 0.2) is 17.3 Å². The largest absolute Gasteiger partial charge is 0.386 e. The molecule has 0 saturated carbocycles. The van der Waals surface area contributed by atoms with Crippen LogP contribution in [0.4, 0.5) is 0 Å². The maximum atomic E-state index is 12.3. The zero-order chi connectivity index (χ0) is 22.3. The average Bonchev–Trinajstić information content (AvgIpc) is 2.69. The Morgan fingerprint density at radius 2 is 1.10 bits per heavy atom. The van der Waals surface area contributed by atoms with Gasteiger partial charge in [-0.25, -0.2) is 0 Å². The van der Waals surface area contributed by atoms with Gasteiger partial charge in [0.2, 0.25) is 5.60 Å². The van der Waals surface area contributed by atoms with Crippen molar-refractivity contribution in [2.75, 3.05) is 0 Å². The van der Waals surface area contributed by atoms with Gasteiger partial charge in [0.05, 0.1) is 0 Å². The summed E-state index contributed by atoms with van der Waals surface area (Å²) in [5, 5.41) is 30.0. The number of carbonyl (C=O) groups excluding carboxylic acids is 3. The summed E-state index contributed by atoms with van der Waals surface area (Å²) in [6.07, 6.45) is 10.8. The van der Waals surface area contributed by atoms with Gasteiger partial charge in [-0.1, -0.05) is 84.0 Å². The zero-order valence-electron chi connectivity index (χ0n) is 18.6. The Kier molecular flexibility index (Phi) is 15.1. The second-order valence-electron chi connectivity index (χ2n) is 8.24. The van der Waals surface area contributed by atoms with Crippen LogP contribution in [0.2, 0.25) is 0 Å². The SMILES string of the molecule is CCCCCCCCCCCCCCCC(=O)C(O)(C(C)=O)C(O)C(O)C(C)=O. The van der Waals surface area contributed by atoms with E-state index in [0.29, 0.717) is 6.42 Å². The number of unbranched alkanes of at least 4 members (excludes halogenated alkanes) is 12. The van der Waals surface area contributed by atoms with E-state index in [4.69, 9.17) is 0 Å². The minimum atomic E-state index is -2.73. The maximum Gasteiger partial charge on any atom is 0.210 e. The topological polar surface area (TPSA) is 112 Å². The van der Waals surface area contributed by atoms with Crippen molar-refractivity contribution in [1.29, 1.82) is 0 Å². The summed E-state index contributed by atoms with van der Waals surface area (Å²) in [4.78, 5) is 35.3. The molecule has 0 rings (SSSR count). The fourth-order valence-corrected chi connectivity index (χ4v) is 3.51. The highest BCUT2D eigenvalue weighted by Crippen LogP contribution is 2.21. The number of carbonyl (C=O) groups is 3. The Balaban J connectivity index is 4.01. The molecule has 3 atom stereocenters. The van der Waals surface area contributed by atoms with Crippen molar-refractivity contribution in [2.24, 2.45) is 0 Å². The van der Waals surface area contributed by atoms with Gasteiger partial charge in [-0.05, 0) is 20.3 Å². The Morgan fingerprint density at radius 3 is 1.45 bits per heavy atom. The number of Topliss-reactive ketones (excluding diaryl/α,β-unsaturated/α-hetero) is 3. The summed E-state index contributed by atoms with van der Waals surface area (Å²) in [6, 6.07) is 0. The maximum absolute atomic E-state index is 12.3. The normalized spacial score (nSPS) is 15.5. The van der Waals surface area contributed by atoms with Crippen LogP contribution < -0.4 is 0 Å². The first-order chi connectivity index (χ1) is 13.7. The summed E-state index contributed by atoms with van der Waals surface area (Å²) in [6.45, 7) is 4.21. The van der Waals surface area contributed by atoms with Gasteiger partial charge in [0.25, 0.3) is 0 Å². The molecule has 0 amide bonds. The average molecular weight is 415 g/mol. The Bertz CT molecular complexity index is 490. The van der Waals surface area contributed by atoms with E-state index < -0.39 is 35.2 Å². The van der Waals surface area contributed by atoms with E-state index in [-0.39, 0.29) is 6.42 Å². The minimum absolute atomic E-state index is 0.0739. The molecule has 6 heteroatoms. The fourth-order valence-electron chi connectivity index (χ4n) is 3.51. The number of aliphatic hydroxyl groups is 3. The van der Waals surface area contributed by atoms with Gasteiger partial charge in [0.1, 0.15) is 12.2 Å². The van der Waals surface area contributed by atoms with E-state index in [2.05, 4.69) is 6.92 Å². The van der Waals surface area contributed by atoms with Crippen molar-refractivity contribution >= 4 is 17.3 Å². The molecule has 0 bridgehead atoms. The summed E-state index contributed by atoms with van der Waals surface area (Å²) in [5.41, 5.74) is -2.73. The molecule has 0 aromatic rings. The number of ketones is 3. The van der Waals surface area contributed by atoms with E-state index in [1.54, 1.807) is 0 Å². The summed E-state index contributed by atoms with van der Waals surface area (Å²) >= 11 is 0. The highest BCUT2D eigenvalue weighted by molar-refractivity contribution is 6.10. The van der Waals surface area contributed by atoms with Crippen molar-refractivity contribution < 1.29 is 29.7 Å². The molecule has 6 nitrogen and oxygen atoms in total. The van der Waals surface area contributed by atoms with E-state index in [0.717, 1.165) is 33.1 Å². The molecule has 0 aliphatic carbocycles. The Morgan fingerprint density at radius 1 is 0.724 bits per heavy atom. The molecule has 0 aromatic carbocycles. The van der Waals surface area contributed by atoms with Crippen molar-refractivity contribution in [2.45, 2.75) is 128 Å². The lowest BCUT2D eigenvalue weighted by atomic mass is 9.82. The predicted octanol–water partition coefficient (Wildman–Crippen LogP) is 3.67. The van der Waals surface area contributed by atoms with Crippen LogP contribution in [0.15, 0.2) is 0 Å². The minimum Gasteiger partial charge on any atom is -0.386 e. The lowest BCUT2D eigenvalue weighted by Crippen LogP contribution is -2.60. The molecule has 3 N–H and O–H groups in total. The predicted molar refractivity (Wildman–Crippen MR) is 114 cm³/mol. The number of rotatable bonds is 19. The van der Waals surface area contributed by atoms with Crippen LogP contribution in [0.3, 0.4) is 0 Å². The van der Waals surface area contributed by atoms with Crippen LogP contribution in [0.1, 0.15) is 111 Å². The van der Waals surface area contributed by atoms with Crippen LogP contribution in [0.25, 0.3) is 0 Å². The molecule has 0 fully saturated rings. The van der Waals surface area contributed by atoms with Gasteiger partial charge in [-0.3, -0.25) is 14.4 Å². The molecule has 0 saturated heterocycles. The van der Waals surface area contributed by atoms with Crippen molar-refractivity contribution in [3.63, 3.8) is 0 Å². The second-order valence-corrected chi connectivity index (χ2v) is 8.24. The van der Waals surface area contributed by atoms with E-state index in [9.17, 15) is 29.7 Å². The second kappa shape index (κ2) is 15.7. The third kappa shape index (κ3) is 10.5. The fraction of sp³-hybridized carbons (Fsp3) is 0.870. The smallest absolute Gasteiger partial charge is 0.210 e. The number of hydrogen-bond donors (Lipinski definition) is 3. The van der Waals surface area contributed by atoms with Crippen LogP contribution >= 0.6 is 0 Å². The molecule has 0 aromatic heterocycles. The molecule has 29 heavy (non-hydrogen) atoms. The third-order valence-electron chi connectivity index (χ3n) is 5.61. The zero-order valence-corrected chi connectivity index (χ0v) is 18.6. The lowest BCUT2D eigenvalue weighted by molar-refractivity contribution is -0.173. The highest BCUT2D eigenvalue weighted by atomic mass is 16.4. The summed E-state index contributed by atoms with van der Waals surface area (Å²) < 4.78 is 0. The lowest BCUT2D eigenvalue weighted by Gasteiger charge is -2.31. The van der Waals surface area contributed by atoms with E-state index in [1.165, 1.54) is 57.8 Å². The molecule has 0 radical (unpaired) electrons. The Hall–Kier alpha value is -1.11. The Labute approximate surface area is 176 Å². The van der Waals surface area contributed by atoms with Gasteiger partial charge in [-0.15, -0.1) is 0 Å². The van der Waals surface area contributed by atoms with Crippen molar-refractivity contribution in [1.82, 2.24) is 0 Å². The van der Waals surface area contributed by atoms with Crippen molar-refractivity contribution in [3.8, 4) is 0 Å². The number of hydrogen-bond acceptors (Lipinski definition) is 6. The quantitative estimate of drug-likeness (QED) is 0.220. The molecule has 3 unspecified atom stereocenters. The van der Waals surface area contributed by atoms with Crippen LogP contribution in [-0.2, 0) is 14.4 Å². The van der Waals surface area contributed by atoms with Crippen LogP contribution in [-0.4, -0.2) is 50.5 Å². The standard InChI is InChI=1S/C23H42O6/c1-4-5-6-7-8-9-10-11-12-13-14-15-16-17-20(26)23(29,19(3)25)22(28)21(27)18(2)24/h21-22,27-29H,4-17H2,1-3H3. The first-order valence-corrected chi connectivity index (χ1v) is 11.3. The van der Waals surface area contributed by atoms with Gasteiger partial charge in [-0.2, -0.15) is 0 Å². The summed E-state index contributed by atoms with van der Waals surface area (Å²) in [7, 11) is 0. The molecule has 0 heterocycles. The molecule has 170 valence electrons. The van der Waals surface area contributed by atoms with E-state index in [1.807, 2.05) is 0 Å². The molecule has 0 spiro atoms. The van der Waals surface area contributed by atoms with Crippen molar-refractivity contribution in [3.05, 3.63) is 0 Å². The molecular weight excluding hydrogens is 372 g/mol. The molecule has 0 aliphatic heterocycles.